The number of nitrogens with one attached hydrogen (secondary N) is 1. The summed E-state index contributed by atoms with van der Waals surface area (Å²) < 4.78 is 36.8. The van der Waals surface area contributed by atoms with Gasteiger partial charge in [-0.25, -0.2) is 18.1 Å². The summed E-state index contributed by atoms with van der Waals surface area (Å²) in [7, 11) is -4.14. The summed E-state index contributed by atoms with van der Waals surface area (Å²) in [6.45, 7) is 17.3. The molecule has 4 aromatic rings. The largest absolute Gasteiger partial charge is 0.467 e. The Morgan fingerprint density at radius 2 is 1.61 bits per heavy atom. The Hall–Kier alpha value is -4.24. The average molecular weight is 639 g/mol. The van der Waals surface area contributed by atoms with Gasteiger partial charge in [0.05, 0.1) is 16.6 Å². The molecule has 0 saturated heterocycles. The number of carbonyl (C=O) groups is 1. The van der Waals surface area contributed by atoms with Gasteiger partial charge in [0.25, 0.3) is 15.9 Å². The molecule has 2 aliphatic rings. The second-order valence-electron chi connectivity index (χ2n) is 14.8. The van der Waals surface area contributed by atoms with E-state index < -0.39 is 16.1 Å². The van der Waals surface area contributed by atoms with Crippen molar-refractivity contribution in [1.82, 2.24) is 14.9 Å². The van der Waals surface area contributed by atoms with Gasteiger partial charge in [-0.1, -0.05) is 84.0 Å². The number of amides is 1. The van der Waals surface area contributed by atoms with Gasteiger partial charge in [0.1, 0.15) is 6.10 Å². The van der Waals surface area contributed by atoms with Crippen molar-refractivity contribution in [2.75, 3.05) is 4.72 Å². The number of aromatic nitrogens is 2. The minimum absolute atomic E-state index is 0.0440. The normalized spacial score (nSPS) is 19.1. The molecule has 46 heavy (non-hydrogen) atoms. The molecule has 3 aromatic carbocycles. The van der Waals surface area contributed by atoms with E-state index >= 15 is 0 Å². The molecule has 0 unspecified atom stereocenters. The molecule has 1 aromatic heterocycles. The summed E-state index contributed by atoms with van der Waals surface area (Å²) in [5.74, 6) is -0.130. The summed E-state index contributed by atoms with van der Waals surface area (Å²) in [5.41, 5.74) is 6.58. The van der Waals surface area contributed by atoms with Crippen LogP contribution in [0.4, 0.5) is 5.95 Å². The van der Waals surface area contributed by atoms with Crippen LogP contribution in [-0.4, -0.2) is 35.2 Å². The van der Waals surface area contributed by atoms with Crippen molar-refractivity contribution in [1.29, 1.82) is 0 Å². The highest BCUT2D eigenvalue weighted by Crippen LogP contribution is 2.43. The molecule has 0 aliphatic carbocycles. The molecule has 6 rings (SSSR count). The van der Waals surface area contributed by atoms with Crippen molar-refractivity contribution >= 4 is 21.9 Å². The van der Waals surface area contributed by atoms with Crippen molar-refractivity contribution in [3.8, 4) is 17.1 Å². The van der Waals surface area contributed by atoms with Gasteiger partial charge in [0.15, 0.2) is 0 Å². The number of hydrogen-bond acceptors (Lipinski definition) is 6. The van der Waals surface area contributed by atoms with Crippen molar-refractivity contribution in [3.63, 3.8) is 0 Å². The smallest absolute Gasteiger partial charge is 0.264 e. The molecule has 3 heterocycles. The highest BCUT2D eigenvalue weighted by atomic mass is 32.2. The molecular weight excluding hydrogens is 596 g/mol. The molecule has 0 radical (unpaired) electrons. The number of fused-ring (bicyclic) bond motifs is 8. The second kappa shape index (κ2) is 11.2. The number of carbonyl (C=O) groups excluding carboxylic acids is 1. The minimum atomic E-state index is -4.14. The number of anilines is 1. The van der Waals surface area contributed by atoms with Crippen LogP contribution < -0.4 is 9.46 Å². The van der Waals surface area contributed by atoms with E-state index in [0.717, 1.165) is 33.4 Å². The molecule has 1 N–H and O–H groups in total. The topological polar surface area (TPSA) is 101 Å². The van der Waals surface area contributed by atoms with E-state index in [1.165, 1.54) is 12.1 Å². The zero-order valence-corrected chi connectivity index (χ0v) is 28.6. The van der Waals surface area contributed by atoms with Crippen LogP contribution in [0.5, 0.6) is 5.88 Å². The van der Waals surface area contributed by atoms with Crippen LogP contribution >= 0.6 is 0 Å². The van der Waals surface area contributed by atoms with Crippen LogP contribution in [0, 0.1) is 19.3 Å². The quantitative estimate of drug-likeness (QED) is 0.241. The number of aryl methyl sites for hydroxylation is 2. The molecule has 0 fully saturated rings. The van der Waals surface area contributed by atoms with Crippen LogP contribution in [0.3, 0.4) is 0 Å². The van der Waals surface area contributed by atoms with Crippen LogP contribution in [-0.2, 0) is 22.0 Å². The van der Waals surface area contributed by atoms with Gasteiger partial charge in [-0.3, -0.25) is 4.79 Å². The molecular formula is C37H42N4O4S. The lowest BCUT2D eigenvalue weighted by Crippen LogP contribution is -2.50. The molecule has 240 valence electrons. The summed E-state index contributed by atoms with van der Waals surface area (Å²) in [5, 5.41) is 0. The SMILES string of the molecule is Cc1cccc(C)c1-c1cc2nc(n1)NS(=O)(=O)c1cccc(c1)C(=O)N1Cc3cc(C(C)(C)C)ccc3[C@@H](O2)[C@H]1CC(C)(C)C. The van der Waals surface area contributed by atoms with E-state index in [4.69, 9.17) is 4.74 Å². The number of sulfonamides is 1. The van der Waals surface area contributed by atoms with E-state index in [1.54, 1.807) is 18.2 Å². The average Bonchev–Trinajstić information content (AvgIpc) is 2.96. The summed E-state index contributed by atoms with van der Waals surface area (Å²) in [4.78, 5) is 25.6. The number of hydrogen-bond donors (Lipinski definition) is 1. The minimum Gasteiger partial charge on any atom is -0.467 e. The summed E-state index contributed by atoms with van der Waals surface area (Å²) in [6, 6.07) is 20.0. The predicted molar refractivity (Wildman–Crippen MR) is 180 cm³/mol. The highest BCUT2D eigenvalue weighted by molar-refractivity contribution is 7.92. The molecule has 2 atom stereocenters. The zero-order valence-electron chi connectivity index (χ0n) is 27.8. The Morgan fingerprint density at radius 3 is 2.28 bits per heavy atom. The molecule has 0 spiro atoms. The first-order valence-electron chi connectivity index (χ1n) is 15.7. The maximum atomic E-state index is 14.4. The lowest BCUT2D eigenvalue weighted by atomic mass is 9.78. The molecule has 8 nitrogen and oxygen atoms in total. The molecule has 1 amide bonds. The maximum absolute atomic E-state index is 14.4. The Bertz CT molecular complexity index is 1940. The first kappa shape index (κ1) is 31.7. The van der Waals surface area contributed by atoms with Crippen molar-refractivity contribution in [2.24, 2.45) is 5.41 Å². The number of benzene rings is 3. The molecule has 2 aliphatic heterocycles. The van der Waals surface area contributed by atoms with Gasteiger partial charge in [0, 0.05) is 23.7 Å². The van der Waals surface area contributed by atoms with Crippen LogP contribution in [0.1, 0.15) is 92.2 Å². The summed E-state index contributed by atoms with van der Waals surface area (Å²) >= 11 is 0. The van der Waals surface area contributed by atoms with E-state index in [9.17, 15) is 13.2 Å². The second-order valence-corrected chi connectivity index (χ2v) is 16.5. The van der Waals surface area contributed by atoms with Crippen LogP contribution in [0.25, 0.3) is 11.3 Å². The highest BCUT2D eigenvalue weighted by Gasteiger charge is 2.42. The number of ether oxygens (including phenoxy) is 1. The van der Waals surface area contributed by atoms with E-state index in [1.807, 2.05) is 36.9 Å². The predicted octanol–water partition coefficient (Wildman–Crippen LogP) is 7.75. The van der Waals surface area contributed by atoms with E-state index in [0.29, 0.717) is 24.2 Å². The lowest BCUT2D eigenvalue weighted by Gasteiger charge is -2.44. The monoisotopic (exact) mass is 638 g/mol. The molecule has 9 heteroatoms. The Balaban J connectivity index is 1.64. The third kappa shape index (κ3) is 6.12. The van der Waals surface area contributed by atoms with Gasteiger partial charge in [-0.15, -0.1) is 0 Å². The standard InChI is InChI=1S/C37H42N4O4S/c1-22-11-9-12-23(2)32(22)29-19-31-39-35(38-29)40-46(43,44)27-14-10-13-24(18-27)34(42)41-21-25-17-26(37(6,7)8)15-16-28(25)33(45-31)30(41)20-36(3,4)5/h9-19,30,33H,20-21H2,1-8H3,(H,38,39,40)/t30-,33-/m1/s1. The van der Waals surface area contributed by atoms with Gasteiger partial charge >= 0.3 is 0 Å². The maximum Gasteiger partial charge on any atom is 0.264 e. The van der Waals surface area contributed by atoms with Gasteiger partial charge in [-0.2, -0.15) is 4.98 Å². The Kier molecular flexibility index (Phi) is 7.74. The molecule has 0 saturated carbocycles. The third-order valence-corrected chi connectivity index (χ3v) is 10.1. The number of nitrogens with zero attached hydrogens (tertiary/aromatic N) is 3. The summed E-state index contributed by atoms with van der Waals surface area (Å²) in [6.07, 6.45) is 0.0667. The Labute approximate surface area is 272 Å². The van der Waals surface area contributed by atoms with E-state index in [-0.39, 0.29) is 39.5 Å². The fraction of sp³-hybridized carbons (Fsp3) is 0.378. The van der Waals surface area contributed by atoms with Gasteiger partial charge < -0.3 is 9.64 Å². The van der Waals surface area contributed by atoms with Crippen LogP contribution in [0.2, 0.25) is 0 Å². The first-order valence-corrected chi connectivity index (χ1v) is 17.2. The third-order valence-electron chi connectivity index (χ3n) is 8.79. The lowest BCUT2D eigenvalue weighted by molar-refractivity contribution is 0.0173. The van der Waals surface area contributed by atoms with Gasteiger partial charge in [-0.05, 0) is 77.1 Å². The number of rotatable bonds is 2. The van der Waals surface area contributed by atoms with Crippen LogP contribution in [0.15, 0.2) is 71.6 Å². The van der Waals surface area contributed by atoms with E-state index in [2.05, 4.69) is 74.4 Å². The van der Waals surface area contributed by atoms with Crippen molar-refractivity contribution < 1.29 is 17.9 Å². The van der Waals surface area contributed by atoms with Crippen molar-refractivity contribution in [3.05, 3.63) is 100 Å². The molecule has 6 bridgehead atoms. The Morgan fingerprint density at radius 1 is 0.913 bits per heavy atom. The van der Waals surface area contributed by atoms with Crippen molar-refractivity contribution in [2.45, 2.75) is 90.8 Å². The fourth-order valence-corrected chi connectivity index (χ4v) is 7.51. The van der Waals surface area contributed by atoms with Gasteiger partial charge in [0.2, 0.25) is 11.8 Å². The first-order chi connectivity index (χ1) is 21.5. The zero-order chi connectivity index (χ0) is 33.2. The fourth-order valence-electron chi connectivity index (χ4n) is 6.52.